The van der Waals surface area contributed by atoms with Crippen LogP contribution in [0, 0.1) is 5.41 Å². The first-order valence-corrected chi connectivity index (χ1v) is 7.23. The molecule has 1 aromatic rings. The third-order valence-corrected chi connectivity index (χ3v) is 4.74. The summed E-state index contributed by atoms with van der Waals surface area (Å²) >= 11 is 0. The van der Waals surface area contributed by atoms with E-state index in [1.165, 1.54) is 17.5 Å². The van der Waals surface area contributed by atoms with Crippen LogP contribution < -0.4 is 5.32 Å². The maximum atomic E-state index is 3.81. The number of likely N-dealkylation sites (N-methyl/N-ethyl adjacent to an activating group) is 1. The van der Waals surface area contributed by atoms with E-state index < -0.39 is 0 Å². The van der Waals surface area contributed by atoms with E-state index in [2.05, 4.69) is 76.3 Å². The third kappa shape index (κ3) is 2.85. The molecule has 2 heteroatoms. The summed E-state index contributed by atoms with van der Waals surface area (Å²) in [4.78, 5) is 2.29. The summed E-state index contributed by atoms with van der Waals surface area (Å²) in [6.45, 7) is 10.3. The van der Waals surface area contributed by atoms with Gasteiger partial charge in [0.2, 0.25) is 0 Å². The van der Waals surface area contributed by atoms with Crippen LogP contribution in [0.25, 0.3) is 0 Å². The van der Waals surface area contributed by atoms with Gasteiger partial charge in [-0.3, -0.25) is 0 Å². The molecular weight excluding hydrogens is 232 g/mol. The summed E-state index contributed by atoms with van der Waals surface area (Å²) in [7, 11) is 4.30. The molecule has 2 nitrogen and oxygen atoms in total. The van der Waals surface area contributed by atoms with Gasteiger partial charge in [0.25, 0.3) is 0 Å². The number of fused-ring (bicyclic) bond motifs is 1. The second-order valence-corrected chi connectivity index (χ2v) is 7.38. The highest BCUT2D eigenvalue weighted by molar-refractivity contribution is 5.37. The largest absolute Gasteiger partial charge is 0.308 e. The fourth-order valence-corrected chi connectivity index (χ4v) is 2.89. The lowest BCUT2D eigenvalue weighted by Crippen LogP contribution is -2.48. The Morgan fingerprint density at radius 3 is 2.53 bits per heavy atom. The first-order chi connectivity index (χ1) is 8.74. The average Bonchev–Trinajstić information content (AvgIpc) is 2.56. The molecule has 1 unspecified atom stereocenters. The van der Waals surface area contributed by atoms with Crippen molar-refractivity contribution in [3.8, 4) is 0 Å². The average molecular weight is 260 g/mol. The monoisotopic (exact) mass is 260 g/mol. The molecule has 0 bridgehead atoms. The molecule has 0 heterocycles. The molecule has 0 fully saturated rings. The number of benzene rings is 1. The zero-order valence-electron chi connectivity index (χ0n) is 13.2. The number of hydrogen-bond donors (Lipinski definition) is 1. The van der Waals surface area contributed by atoms with Crippen molar-refractivity contribution in [2.24, 2.45) is 5.41 Å². The summed E-state index contributed by atoms with van der Waals surface area (Å²) in [5, 5.41) is 3.81. The lowest BCUT2D eigenvalue weighted by atomic mass is 9.85. The highest BCUT2D eigenvalue weighted by Crippen LogP contribution is 2.45. The van der Waals surface area contributed by atoms with Gasteiger partial charge in [-0.25, -0.2) is 0 Å². The van der Waals surface area contributed by atoms with Crippen LogP contribution in [0.1, 0.15) is 44.9 Å². The molecule has 1 aliphatic rings. The van der Waals surface area contributed by atoms with Crippen molar-refractivity contribution in [2.75, 3.05) is 20.6 Å². The van der Waals surface area contributed by atoms with Gasteiger partial charge in [-0.15, -0.1) is 0 Å². The standard InChI is InChI=1S/C17H28N2/c1-16(2)11-13-9-7-8-10-14(13)15(16)18-12-17(3,4)19(5)6/h7-10,15,18H,11-12H2,1-6H3. The third-order valence-electron chi connectivity index (χ3n) is 4.74. The van der Waals surface area contributed by atoms with E-state index in [-0.39, 0.29) is 5.54 Å². The van der Waals surface area contributed by atoms with E-state index in [1.54, 1.807) is 0 Å². The lowest BCUT2D eigenvalue weighted by Gasteiger charge is -2.37. The zero-order chi connectivity index (χ0) is 14.3. The first kappa shape index (κ1) is 14.5. The Morgan fingerprint density at radius 1 is 1.26 bits per heavy atom. The van der Waals surface area contributed by atoms with Crippen molar-refractivity contribution in [1.82, 2.24) is 10.2 Å². The Labute approximate surface area is 118 Å². The molecule has 1 aromatic carbocycles. The van der Waals surface area contributed by atoms with Crippen molar-refractivity contribution < 1.29 is 0 Å². The second kappa shape index (κ2) is 4.92. The van der Waals surface area contributed by atoms with E-state index in [0.717, 1.165) is 6.54 Å². The smallest absolute Gasteiger partial charge is 0.0378 e. The molecule has 0 aliphatic heterocycles. The predicted octanol–water partition coefficient (Wildman–Crippen LogP) is 3.24. The molecule has 106 valence electrons. The van der Waals surface area contributed by atoms with Crippen LogP contribution in [0.15, 0.2) is 24.3 Å². The Kier molecular flexibility index (Phi) is 3.76. The van der Waals surface area contributed by atoms with Crippen LogP contribution in [-0.4, -0.2) is 31.1 Å². The van der Waals surface area contributed by atoms with Crippen molar-refractivity contribution in [3.05, 3.63) is 35.4 Å². The molecule has 1 atom stereocenters. The van der Waals surface area contributed by atoms with Crippen LogP contribution in [-0.2, 0) is 6.42 Å². The quantitative estimate of drug-likeness (QED) is 0.894. The van der Waals surface area contributed by atoms with Crippen LogP contribution in [0.2, 0.25) is 0 Å². The van der Waals surface area contributed by atoms with Crippen LogP contribution in [0.3, 0.4) is 0 Å². The highest BCUT2D eigenvalue weighted by Gasteiger charge is 2.39. The highest BCUT2D eigenvalue weighted by atomic mass is 15.2. The van der Waals surface area contributed by atoms with Gasteiger partial charge in [0.05, 0.1) is 0 Å². The number of hydrogen-bond acceptors (Lipinski definition) is 2. The summed E-state index contributed by atoms with van der Waals surface area (Å²) in [6, 6.07) is 9.33. The summed E-state index contributed by atoms with van der Waals surface area (Å²) in [5.41, 5.74) is 3.47. The van der Waals surface area contributed by atoms with Crippen LogP contribution >= 0.6 is 0 Å². The Balaban J connectivity index is 2.16. The normalized spacial score (nSPS) is 21.7. The molecule has 1 N–H and O–H groups in total. The lowest BCUT2D eigenvalue weighted by molar-refractivity contribution is 0.165. The van der Waals surface area contributed by atoms with Crippen molar-refractivity contribution >= 4 is 0 Å². The Bertz CT molecular complexity index is 446. The summed E-state index contributed by atoms with van der Waals surface area (Å²) in [6.07, 6.45) is 1.17. The second-order valence-electron chi connectivity index (χ2n) is 7.38. The molecule has 19 heavy (non-hydrogen) atoms. The van der Waals surface area contributed by atoms with E-state index in [9.17, 15) is 0 Å². The van der Waals surface area contributed by atoms with Gasteiger partial charge in [0, 0.05) is 18.1 Å². The van der Waals surface area contributed by atoms with Gasteiger partial charge in [-0.1, -0.05) is 38.1 Å². The van der Waals surface area contributed by atoms with E-state index in [1.807, 2.05) is 0 Å². The SMILES string of the molecule is CN(C)C(C)(C)CNC1c2ccccc2CC1(C)C. The first-order valence-electron chi connectivity index (χ1n) is 7.23. The molecule has 0 amide bonds. The number of nitrogens with one attached hydrogen (secondary N) is 1. The fraction of sp³-hybridized carbons (Fsp3) is 0.647. The molecule has 0 saturated carbocycles. The van der Waals surface area contributed by atoms with Gasteiger partial charge in [-0.2, -0.15) is 0 Å². The minimum atomic E-state index is 0.174. The van der Waals surface area contributed by atoms with Crippen molar-refractivity contribution in [3.63, 3.8) is 0 Å². The maximum Gasteiger partial charge on any atom is 0.0378 e. The molecule has 0 aromatic heterocycles. The fourth-order valence-electron chi connectivity index (χ4n) is 2.89. The number of rotatable bonds is 4. The van der Waals surface area contributed by atoms with E-state index in [4.69, 9.17) is 0 Å². The van der Waals surface area contributed by atoms with E-state index in [0.29, 0.717) is 11.5 Å². The maximum absolute atomic E-state index is 3.81. The Hall–Kier alpha value is -0.860. The number of nitrogens with zero attached hydrogens (tertiary/aromatic N) is 1. The molecule has 1 aliphatic carbocycles. The van der Waals surface area contributed by atoms with Crippen molar-refractivity contribution in [2.45, 2.75) is 45.7 Å². The van der Waals surface area contributed by atoms with Gasteiger partial charge in [0.1, 0.15) is 0 Å². The van der Waals surface area contributed by atoms with Crippen LogP contribution in [0.5, 0.6) is 0 Å². The van der Waals surface area contributed by atoms with Gasteiger partial charge in [0.15, 0.2) is 0 Å². The van der Waals surface area contributed by atoms with Crippen molar-refractivity contribution in [1.29, 1.82) is 0 Å². The summed E-state index contributed by atoms with van der Waals surface area (Å²) < 4.78 is 0. The molecule has 0 saturated heterocycles. The van der Waals surface area contributed by atoms with E-state index >= 15 is 0 Å². The van der Waals surface area contributed by atoms with Crippen LogP contribution in [0.4, 0.5) is 0 Å². The molecular formula is C17H28N2. The topological polar surface area (TPSA) is 15.3 Å². The van der Waals surface area contributed by atoms with Gasteiger partial charge < -0.3 is 10.2 Å². The minimum Gasteiger partial charge on any atom is -0.308 e. The molecule has 0 spiro atoms. The molecule has 0 radical (unpaired) electrons. The predicted molar refractivity (Wildman–Crippen MR) is 82.4 cm³/mol. The summed E-state index contributed by atoms with van der Waals surface area (Å²) in [5.74, 6) is 0. The van der Waals surface area contributed by atoms with Gasteiger partial charge in [-0.05, 0) is 50.9 Å². The zero-order valence-corrected chi connectivity index (χ0v) is 13.2. The minimum absolute atomic E-state index is 0.174. The Morgan fingerprint density at radius 2 is 1.89 bits per heavy atom. The molecule has 2 rings (SSSR count). The van der Waals surface area contributed by atoms with Gasteiger partial charge >= 0.3 is 0 Å².